The molecule has 1 aliphatic heterocycles. The lowest BCUT2D eigenvalue weighted by molar-refractivity contribution is -0.270. The lowest BCUT2D eigenvalue weighted by atomic mass is 10.1. The summed E-state index contributed by atoms with van der Waals surface area (Å²) in [6, 6.07) is 8.98. The lowest BCUT2D eigenvalue weighted by Gasteiger charge is -2.40. The Balaban J connectivity index is 2.01. The van der Waals surface area contributed by atoms with E-state index in [0.717, 1.165) is 0 Å². The van der Waals surface area contributed by atoms with Gasteiger partial charge in [0, 0.05) is 31.2 Å². The molecule has 6 nitrogen and oxygen atoms in total. The molecule has 0 saturated carbocycles. The first-order chi connectivity index (χ1) is 10.0. The summed E-state index contributed by atoms with van der Waals surface area (Å²) in [6.45, 7) is 4.76. The van der Waals surface area contributed by atoms with E-state index in [-0.39, 0.29) is 17.9 Å². The Labute approximate surface area is 123 Å². The van der Waals surface area contributed by atoms with Gasteiger partial charge in [-0.3, -0.25) is 14.8 Å². The van der Waals surface area contributed by atoms with E-state index in [1.165, 1.54) is 6.92 Å². The van der Waals surface area contributed by atoms with Crippen LogP contribution in [0.1, 0.15) is 24.2 Å². The average Bonchev–Trinajstić information content (AvgIpc) is 2.53. The second-order valence-corrected chi connectivity index (χ2v) is 5.25. The van der Waals surface area contributed by atoms with Crippen molar-refractivity contribution >= 4 is 11.8 Å². The van der Waals surface area contributed by atoms with Gasteiger partial charge in [0.25, 0.3) is 11.8 Å². The minimum Gasteiger partial charge on any atom is -0.335 e. The fraction of sp³-hybridized carbons (Fsp3) is 0.467. The highest BCUT2D eigenvalue weighted by molar-refractivity contribution is 5.94. The van der Waals surface area contributed by atoms with E-state index in [4.69, 9.17) is 5.26 Å². The highest BCUT2D eigenvalue weighted by Gasteiger charge is 2.32. The molecule has 2 amide bonds. The molecule has 21 heavy (non-hydrogen) atoms. The summed E-state index contributed by atoms with van der Waals surface area (Å²) in [5.74, 6) is -0.294. The van der Waals surface area contributed by atoms with Crippen LogP contribution in [0.4, 0.5) is 0 Å². The van der Waals surface area contributed by atoms with E-state index >= 15 is 0 Å². The SMILES string of the molecule is CC(OO)C(=O)N1CCN(C(=O)c2ccccc2)C[C@H]1C. The maximum Gasteiger partial charge on any atom is 0.255 e. The predicted molar refractivity (Wildman–Crippen MR) is 76.7 cm³/mol. The van der Waals surface area contributed by atoms with Gasteiger partial charge in [0.2, 0.25) is 0 Å². The van der Waals surface area contributed by atoms with Crippen LogP contribution in [0.3, 0.4) is 0 Å². The number of carbonyl (C=O) groups is 2. The van der Waals surface area contributed by atoms with E-state index in [9.17, 15) is 9.59 Å². The third kappa shape index (κ3) is 3.40. The number of benzene rings is 1. The molecule has 6 heteroatoms. The molecule has 114 valence electrons. The summed E-state index contributed by atoms with van der Waals surface area (Å²) >= 11 is 0. The first-order valence-corrected chi connectivity index (χ1v) is 6.99. The van der Waals surface area contributed by atoms with Crippen molar-refractivity contribution in [2.24, 2.45) is 0 Å². The average molecular weight is 292 g/mol. The number of hydrogen-bond donors (Lipinski definition) is 1. The van der Waals surface area contributed by atoms with Crippen molar-refractivity contribution in [2.45, 2.75) is 26.0 Å². The van der Waals surface area contributed by atoms with Crippen molar-refractivity contribution in [2.75, 3.05) is 19.6 Å². The predicted octanol–water partition coefficient (Wildman–Crippen LogP) is 1.24. The molecule has 1 aromatic carbocycles. The van der Waals surface area contributed by atoms with Gasteiger partial charge in [-0.2, -0.15) is 0 Å². The smallest absolute Gasteiger partial charge is 0.255 e. The molecule has 1 unspecified atom stereocenters. The number of amides is 2. The van der Waals surface area contributed by atoms with E-state index in [2.05, 4.69) is 4.89 Å². The second-order valence-electron chi connectivity index (χ2n) is 5.25. The van der Waals surface area contributed by atoms with Gasteiger partial charge < -0.3 is 9.80 Å². The molecule has 1 aliphatic rings. The molecule has 0 aliphatic carbocycles. The summed E-state index contributed by atoms with van der Waals surface area (Å²) < 4.78 is 0. The fourth-order valence-electron chi connectivity index (χ4n) is 2.51. The van der Waals surface area contributed by atoms with E-state index < -0.39 is 6.10 Å². The zero-order valence-electron chi connectivity index (χ0n) is 12.2. The van der Waals surface area contributed by atoms with Crippen LogP contribution in [-0.2, 0) is 9.68 Å². The zero-order chi connectivity index (χ0) is 15.4. The molecular weight excluding hydrogens is 272 g/mol. The van der Waals surface area contributed by atoms with Crippen LogP contribution in [0.25, 0.3) is 0 Å². The Morgan fingerprint density at radius 2 is 1.95 bits per heavy atom. The number of piperazine rings is 1. The van der Waals surface area contributed by atoms with Crippen molar-refractivity contribution in [1.29, 1.82) is 0 Å². The number of hydrogen-bond acceptors (Lipinski definition) is 4. The fourth-order valence-corrected chi connectivity index (χ4v) is 2.51. The van der Waals surface area contributed by atoms with E-state index in [0.29, 0.717) is 25.2 Å². The molecule has 1 heterocycles. The number of rotatable bonds is 3. The van der Waals surface area contributed by atoms with Crippen LogP contribution in [0.5, 0.6) is 0 Å². The van der Waals surface area contributed by atoms with Gasteiger partial charge in [0.15, 0.2) is 6.10 Å². The summed E-state index contributed by atoms with van der Waals surface area (Å²) in [4.78, 5) is 31.9. The van der Waals surface area contributed by atoms with Crippen LogP contribution in [0, 0.1) is 0 Å². The van der Waals surface area contributed by atoms with Gasteiger partial charge in [-0.1, -0.05) is 18.2 Å². The molecule has 2 rings (SSSR count). The molecule has 0 bridgehead atoms. The molecule has 0 radical (unpaired) electrons. The van der Waals surface area contributed by atoms with Crippen molar-refractivity contribution in [3.05, 3.63) is 35.9 Å². The monoisotopic (exact) mass is 292 g/mol. The lowest BCUT2D eigenvalue weighted by Crippen LogP contribution is -2.57. The quantitative estimate of drug-likeness (QED) is 0.672. The van der Waals surface area contributed by atoms with Crippen LogP contribution < -0.4 is 0 Å². The summed E-state index contributed by atoms with van der Waals surface area (Å²) in [5, 5.41) is 8.60. The maximum atomic E-state index is 12.4. The Morgan fingerprint density at radius 1 is 1.29 bits per heavy atom. The van der Waals surface area contributed by atoms with Gasteiger partial charge in [-0.05, 0) is 26.0 Å². The first-order valence-electron chi connectivity index (χ1n) is 6.99. The number of carbonyl (C=O) groups excluding carboxylic acids is 2. The van der Waals surface area contributed by atoms with Gasteiger partial charge in [-0.15, -0.1) is 0 Å². The third-order valence-corrected chi connectivity index (χ3v) is 3.72. The number of nitrogens with zero attached hydrogens (tertiary/aromatic N) is 2. The largest absolute Gasteiger partial charge is 0.335 e. The molecule has 1 fully saturated rings. The topological polar surface area (TPSA) is 70.1 Å². The van der Waals surface area contributed by atoms with Gasteiger partial charge in [-0.25, -0.2) is 4.89 Å². The summed E-state index contributed by atoms with van der Waals surface area (Å²) in [6.07, 6.45) is -0.885. The van der Waals surface area contributed by atoms with Crippen molar-refractivity contribution in [3.63, 3.8) is 0 Å². The third-order valence-electron chi connectivity index (χ3n) is 3.72. The molecule has 0 spiro atoms. The van der Waals surface area contributed by atoms with E-state index in [1.54, 1.807) is 21.9 Å². The Bertz CT molecular complexity index is 506. The molecule has 1 aromatic rings. The molecular formula is C15H20N2O4. The normalized spacial score (nSPS) is 20.2. The first kappa shape index (κ1) is 15.5. The van der Waals surface area contributed by atoms with Gasteiger partial charge >= 0.3 is 0 Å². The highest BCUT2D eigenvalue weighted by Crippen LogP contribution is 2.14. The van der Waals surface area contributed by atoms with Crippen LogP contribution in [0.15, 0.2) is 30.3 Å². The van der Waals surface area contributed by atoms with Crippen molar-refractivity contribution in [3.8, 4) is 0 Å². The Hall–Kier alpha value is -1.92. The molecule has 2 atom stereocenters. The van der Waals surface area contributed by atoms with Crippen molar-refractivity contribution < 1.29 is 19.7 Å². The Morgan fingerprint density at radius 3 is 2.52 bits per heavy atom. The van der Waals surface area contributed by atoms with Crippen LogP contribution in [0.2, 0.25) is 0 Å². The maximum absolute atomic E-state index is 12.4. The van der Waals surface area contributed by atoms with Gasteiger partial charge in [0.1, 0.15) is 0 Å². The highest BCUT2D eigenvalue weighted by atomic mass is 17.1. The minimum atomic E-state index is -0.885. The molecule has 0 aromatic heterocycles. The standard InChI is InChI=1S/C15H20N2O4/c1-11-10-16(15(19)13-6-4-3-5-7-13)8-9-17(11)14(18)12(2)21-20/h3-7,11-12,20H,8-10H2,1-2H3/t11-,12?/m1/s1. The molecule has 1 saturated heterocycles. The minimum absolute atomic E-state index is 0.0268. The summed E-state index contributed by atoms with van der Waals surface area (Å²) in [5.41, 5.74) is 0.650. The van der Waals surface area contributed by atoms with Gasteiger partial charge in [0.05, 0.1) is 0 Å². The van der Waals surface area contributed by atoms with E-state index in [1.807, 2.05) is 25.1 Å². The van der Waals surface area contributed by atoms with Crippen LogP contribution in [-0.4, -0.2) is 58.7 Å². The van der Waals surface area contributed by atoms with Crippen molar-refractivity contribution in [1.82, 2.24) is 9.80 Å². The second kappa shape index (κ2) is 6.69. The zero-order valence-corrected chi connectivity index (χ0v) is 12.2. The molecule has 1 N–H and O–H groups in total. The van der Waals surface area contributed by atoms with Crippen LogP contribution >= 0.6 is 0 Å². The Kier molecular flexibility index (Phi) is 4.93. The summed E-state index contributed by atoms with van der Waals surface area (Å²) in [7, 11) is 0.